The molecule has 0 heterocycles. The van der Waals surface area contributed by atoms with Gasteiger partial charge in [0.25, 0.3) is 0 Å². The van der Waals surface area contributed by atoms with Gasteiger partial charge in [0.2, 0.25) is 5.91 Å². The van der Waals surface area contributed by atoms with E-state index < -0.39 is 0 Å². The summed E-state index contributed by atoms with van der Waals surface area (Å²) in [6.07, 6.45) is 0.204. The maximum absolute atomic E-state index is 11.4. The number of hydrogen-bond acceptors (Lipinski definition) is 3. The summed E-state index contributed by atoms with van der Waals surface area (Å²) in [5, 5.41) is 12.1. The molecule has 4 N–H and O–H groups in total. The molecule has 0 aromatic heterocycles. The molecule has 1 amide bonds. The van der Waals surface area contributed by atoms with Crippen LogP contribution < -0.4 is 11.1 Å². The molecular weight excluding hydrogens is 251 g/mol. The fraction of sp³-hybridized carbons (Fsp3) is 0.300. The summed E-state index contributed by atoms with van der Waals surface area (Å²) in [7, 11) is 0. The minimum atomic E-state index is -0.229. The zero-order chi connectivity index (χ0) is 12.3. The Kier molecular flexibility index (Phi) is 4.41. The number of carbonyl (C=O) groups excluding carboxylic acids is 1. The van der Waals surface area contributed by atoms with E-state index in [0.29, 0.717) is 5.69 Å². The number of benzene rings is 1. The fourth-order valence-corrected chi connectivity index (χ4v) is 1.63. The summed E-state index contributed by atoms with van der Waals surface area (Å²) in [5.74, 6) is -0.429. The van der Waals surface area contributed by atoms with Crippen molar-refractivity contribution in [1.82, 2.24) is 0 Å². The van der Waals surface area contributed by atoms with Crippen molar-refractivity contribution in [2.75, 3.05) is 5.32 Å². The summed E-state index contributed by atoms with van der Waals surface area (Å²) in [4.78, 5) is 11.4. The highest BCUT2D eigenvalue weighted by Crippen LogP contribution is 2.34. The Morgan fingerprint density at radius 2 is 2.00 bits per heavy atom. The van der Waals surface area contributed by atoms with E-state index in [-0.39, 0.29) is 34.2 Å². The summed E-state index contributed by atoms with van der Waals surface area (Å²) < 4.78 is 0. The average molecular weight is 263 g/mol. The standard InChI is InChI=1S/C10H12Cl2N2O2/c1-5(13)2-9(15)14-6-3-7(11)10(16)8(12)4-6/h3-5,16H,2,13H2,1H3,(H,14,15). The van der Waals surface area contributed by atoms with Crippen LogP contribution in [0.5, 0.6) is 5.75 Å². The molecule has 6 heteroatoms. The number of phenolic OH excluding ortho intramolecular Hbond substituents is 1. The molecular formula is C10H12Cl2N2O2. The topological polar surface area (TPSA) is 75.4 Å². The van der Waals surface area contributed by atoms with Crippen molar-refractivity contribution in [3.05, 3.63) is 22.2 Å². The second-order valence-electron chi connectivity index (χ2n) is 3.52. The molecule has 0 saturated heterocycles. The Morgan fingerprint density at radius 3 is 2.44 bits per heavy atom. The van der Waals surface area contributed by atoms with Gasteiger partial charge in [-0.15, -0.1) is 0 Å². The second-order valence-corrected chi connectivity index (χ2v) is 4.33. The number of phenols is 1. The van der Waals surface area contributed by atoms with Crippen LogP contribution in [0.2, 0.25) is 10.0 Å². The molecule has 0 radical (unpaired) electrons. The van der Waals surface area contributed by atoms with Crippen molar-refractivity contribution >= 4 is 34.8 Å². The number of nitrogens with two attached hydrogens (primary N) is 1. The molecule has 4 nitrogen and oxygen atoms in total. The van der Waals surface area contributed by atoms with E-state index in [4.69, 9.17) is 28.9 Å². The SMILES string of the molecule is CC(N)CC(=O)Nc1cc(Cl)c(O)c(Cl)c1. The molecule has 88 valence electrons. The third kappa shape index (κ3) is 3.56. The number of anilines is 1. The number of rotatable bonds is 3. The first-order chi connectivity index (χ1) is 7.40. The number of halogens is 2. The fourth-order valence-electron chi connectivity index (χ4n) is 1.14. The zero-order valence-electron chi connectivity index (χ0n) is 8.63. The molecule has 1 aromatic rings. The van der Waals surface area contributed by atoms with Crippen LogP contribution in [-0.2, 0) is 4.79 Å². The summed E-state index contributed by atoms with van der Waals surface area (Å²) in [6.45, 7) is 1.73. The van der Waals surface area contributed by atoms with E-state index >= 15 is 0 Å². The first kappa shape index (κ1) is 13.1. The van der Waals surface area contributed by atoms with Gasteiger partial charge in [0.1, 0.15) is 0 Å². The maximum Gasteiger partial charge on any atom is 0.225 e. The van der Waals surface area contributed by atoms with Gasteiger partial charge in [-0.25, -0.2) is 0 Å². The van der Waals surface area contributed by atoms with Crippen LogP contribution in [0.1, 0.15) is 13.3 Å². The lowest BCUT2D eigenvalue weighted by Gasteiger charge is -2.09. The molecule has 0 saturated carbocycles. The lowest BCUT2D eigenvalue weighted by atomic mass is 10.2. The normalized spacial score (nSPS) is 12.2. The van der Waals surface area contributed by atoms with E-state index in [2.05, 4.69) is 5.32 Å². The van der Waals surface area contributed by atoms with Gasteiger partial charge in [-0.3, -0.25) is 4.79 Å². The summed E-state index contributed by atoms with van der Waals surface area (Å²) in [5.41, 5.74) is 5.91. The highest BCUT2D eigenvalue weighted by molar-refractivity contribution is 6.37. The monoisotopic (exact) mass is 262 g/mol. The van der Waals surface area contributed by atoms with Gasteiger partial charge in [0, 0.05) is 18.2 Å². The zero-order valence-corrected chi connectivity index (χ0v) is 10.1. The third-order valence-corrected chi connectivity index (χ3v) is 2.38. The van der Waals surface area contributed by atoms with Crippen LogP contribution in [-0.4, -0.2) is 17.1 Å². The lowest BCUT2D eigenvalue weighted by molar-refractivity contribution is -0.116. The largest absolute Gasteiger partial charge is 0.505 e. The van der Waals surface area contributed by atoms with Crippen molar-refractivity contribution in [2.45, 2.75) is 19.4 Å². The van der Waals surface area contributed by atoms with Gasteiger partial charge < -0.3 is 16.2 Å². The van der Waals surface area contributed by atoms with Gasteiger partial charge >= 0.3 is 0 Å². The van der Waals surface area contributed by atoms with E-state index in [0.717, 1.165) is 0 Å². The maximum atomic E-state index is 11.4. The number of aromatic hydroxyl groups is 1. The minimum Gasteiger partial charge on any atom is -0.505 e. The first-order valence-electron chi connectivity index (χ1n) is 4.63. The van der Waals surface area contributed by atoms with Crippen molar-refractivity contribution in [3.63, 3.8) is 0 Å². The van der Waals surface area contributed by atoms with Gasteiger partial charge in [0.05, 0.1) is 10.0 Å². The first-order valence-corrected chi connectivity index (χ1v) is 5.39. The minimum absolute atomic E-state index is 0.0867. The van der Waals surface area contributed by atoms with Crippen LogP contribution in [0.4, 0.5) is 5.69 Å². The second kappa shape index (κ2) is 5.39. The van der Waals surface area contributed by atoms with Crippen LogP contribution >= 0.6 is 23.2 Å². The third-order valence-electron chi connectivity index (χ3n) is 1.81. The molecule has 0 aliphatic rings. The quantitative estimate of drug-likeness (QED) is 0.733. The van der Waals surface area contributed by atoms with Crippen molar-refractivity contribution in [3.8, 4) is 5.75 Å². The summed E-state index contributed by atoms with van der Waals surface area (Å²) >= 11 is 11.4. The van der Waals surface area contributed by atoms with Crippen molar-refractivity contribution < 1.29 is 9.90 Å². The molecule has 1 atom stereocenters. The Hall–Kier alpha value is -0.970. The van der Waals surface area contributed by atoms with Crippen LogP contribution in [0.3, 0.4) is 0 Å². The smallest absolute Gasteiger partial charge is 0.225 e. The van der Waals surface area contributed by atoms with Gasteiger partial charge in [0.15, 0.2) is 5.75 Å². The predicted octanol–water partition coefficient (Wildman–Crippen LogP) is 2.37. The predicted molar refractivity (Wildman–Crippen MR) is 65.0 cm³/mol. The molecule has 0 aliphatic heterocycles. The Bertz CT molecular complexity index is 385. The Morgan fingerprint density at radius 1 is 1.50 bits per heavy atom. The molecule has 0 spiro atoms. The molecule has 0 fully saturated rings. The number of carbonyl (C=O) groups is 1. The number of hydrogen-bond donors (Lipinski definition) is 3. The molecule has 1 unspecified atom stereocenters. The number of amides is 1. The van der Waals surface area contributed by atoms with Gasteiger partial charge in [-0.2, -0.15) is 0 Å². The van der Waals surface area contributed by atoms with Gasteiger partial charge in [-0.1, -0.05) is 23.2 Å². The summed E-state index contributed by atoms with van der Waals surface area (Å²) in [6, 6.07) is 2.62. The van der Waals surface area contributed by atoms with E-state index in [9.17, 15) is 9.90 Å². The molecule has 0 aliphatic carbocycles. The molecule has 1 rings (SSSR count). The van der Waals surface area contributed by atoms with Crippen LogP contribution in [0.15, 0.2) is 12.1 Å². The lowest BCUT2D eigenvalue weighted by Crippen LogP contribution is -2.23. The van der Waals surface area contributed by atoms with E-state index in [1.807, 2.05) is 0 Å². The van der Waals surface area contributed by atoms with Crippen molar-refractivity contribution in [1.29, 1.82) is 0 Å². The molecule has 16 heavy (non-hydrogen) atoms. The molecule has 0 bridgehead atoms. The van der Waals surface area contributed by atoms with Gasteiger partial charge in [-0.05, 0) is 19.1 Å². The average Bonchev–Trinajstić information content (AvgIpc) is 2.12. The van der Waals surface area contributed by atoms with Crippen LogP contribution in [0.25, 0.3) is 0 Å². The number of nitrogens with one attached hydrogen (secondary N) is 1. The highest BCUT2D eigenvalue weighted by Gasteiger charge is 2.10. The molecule has 1 aromatic carbocycles. The Labute approximate surface area is 103 Å². The van der Waals surface area contributed by atoms with E-state index in [1.54, 1.807) is 6.92 Å². The highest BCUT2D eigenvalue weighted by atomic mass is 35.5. The Balaban J connectivity index is 2.79. The van der Waals surface area contributed by atoms with E-state index in [1.165, 1.54) is 12.1 Å². The van der Waals surface area contributed by atoms with Crippen molar-refractivity contribution in [2.24, 2.45) is 5.73 Å². The van der Waals surface area contributed by atoms with Crippen LogP contribution in [0, 0.1) is 0 Å².